The summed E-state index contributed by atoms with van der Waals surface area (Å²) >= 11 is 23.6. The Balaban J connectivity index is 2.39. The van der Waals surface area contributed by atoms with E-state index in [-0.39, 0.29) is 4.90 Å². The van der Waals surface area contributed by atoms with Crippen LogP contribution in [0.25, 0.3) is 0 Å². The number of rotatable bonds is 4. The van der Waals surface area contributed by atoms with Crippen LogP contribution < -0.4 is 4.72 Å². The van der Waals surface area contributed by atoms with Crippen LogP contribution in [0.1, 0.15) is 11.7 Å². The van der Waals surface area contributed by atoms with E-state index in [2.05, 4.69) is 4.72 Å². The van der Waals surface area contributed by atoms with Gasteiger partial charge in [-0.15, -0.1) is 0 Å². The number of alkyl halides is 3. The summed E-state index contributed by atoms with van der Waals surface area (Å²) in [5, 5.41) is 0.430. The first-order valence-electron chi connectivity index (χ1n) is 6.07. The lowest BCUT2D eigenvalue weighted by molar-refractivity contribution is 0.547. The van der Waals surface area contributed by atoms with E-state index in [0.29, 0.717) is 10.7 Å². The van der Waals surface area contributed by atoms with Crippen molar-refractivity contribution in [2.75, 3.05) is 0 Å². The van der Waals surface area contributed by atoms with Crippen LogP contribution in [0, 0.1) is 0 Å². The normalized spacial score (nSPS) is 14.0. The van der Waals surface area contributed by atoms with Crippen molar-refractivity contribution >= 4 is 56.4 Å². The van der Waals surface area contributed by atoms with E-state index in [1.54, 1.807) is 29.9 Å². The zero-order valence-corrected chi connectivity index (χ0v) is 15.1. The van der Waals surface area contributed by atoms with E-state index in [1.807, 2.05) is 0 Å². The average molecular weight is 402 g/mol. The fraction of sp³-hybridized carbons (Fsp3) is 0.231. The number of hydrogen-bond donors (Lipinski definition) is 1. The molecule has 0 fully saturated rings. The van der Waals surface area contributed by atoms with Gasteiger partial charge in [0.1, 0.15) is 6.04 Å². The molecule has 0 saturated carbocycles. The number of nitrogens with one attached hydrogen (secondary N) is 1. The molecule has 1 unspecified atom stereocenters. The number of sulfonamides is 1. The summed E-state index contributed by atoms with van der Waals surface area (Å²) in [6, 6.07) is 8.08. The second-order valence-electron chi connectivity index (χ2n) is 4.59. The van der Waals surface area contributed by atoms with Gasteiger partial charge >= 0.3 is 0 Å². The topological polar surface area (TPSA) is 51.1 Å². The number of aromatic nitrogens is 1. The SMILES string of the molecule is Cn1cccc1C(NS(=O)(=O)c1ccc(Cl)cc1)C(Cl)(Cl)Cl. The maximum Gasteiger partial charge on any atom is 0.241 e. The molecule has 1 N–H and O–H groups in total. The van der Waals surface area contributed by atoms with Crippen LogP contribution in [0.4, 0.5) is 0 Å². The zero-order chi connectivity index (χ0) is 16.5. The maximum atomic E-state index is 12.5. The quantitative estimate of drug-likeness (QED) is 0.785. The van der Waals surface area contributed by atoms with Crippen LogP contribution in [0.2, 0.25) is 5.02 Å². The Morgan fingerprint density at radius 2 is 1.73 bits per heavy atom. The molecular weight excluding hydrogens is 390 g/mol. The average Bonchev–Trinajstić information content (AvgIpc) is 2.81. The molecule has 0 spiro atoms. The Morgan fingerprint density at radius 1 is 1.14 bits per heavy atom. The summed E-state index contributed by atoms with van der Waals surface area (Å²) in [6.07, 6.45) is 1.73. The van der Waals surface area contributed by atoms with Gasteiger partial charge in [0.05, 0.1) is 4.90 Å². The Labute approximate surface area is 149 Å². The maximum absolute atomic E-state index is 12.5. The highest BCUT2D eigenvalue weighted by Gasteiger charge is 2.38. The minimum Gasteiger partial charge on any atom is -0.353 e. The van der Waals surface area contributed by atoms with E-state index in [0.717, 1.165) is 0 Å². The molecule has 0 saturated heterocycles. The third kappa shape index (κ3) is 4.10. The standard InChI is InChI=1S/C13H12Cl4N2O2S/c1-19-8-2-3-11(19)12(13(15,16)17)18-22(20,21)10-6-4-9(14)5-7-10/h2-8,12,18H,1H3. The Hall–Kier alpha value is -0.430. The van der Waals surface area contributed by atoms with Gasteiger partial charge in [0, 0.05) is 24.0 Å². The van der Waals surface area contributed by atoms with Crippen LogP contribution >= 0.6 is 46.4 Å². The minimum atomic E-state index is -3.88. The monoisotopic (exact) mass is 400 g/mol. The van der Waals surface area contributed by atoms with Gasteiger partial charge in [-0.1, -0.05) is 46.4 Å². The molecule has 0 aliphatic rings. The highest BCUT2D eigenvalue weighted by atomic mass is 35.6. The highest BCUT2D eigenvalue weighted by Crippen LogP contribution is 2.40. The minimum absolute atomic E-state index is 0.0327. The highest BCUT2D eigenvalue weighted by molar-refractivity contribution is 7.89. The van der Waals surface area contributed by atoms with Crippen molar-refractivity contribution < 1.29 is 8.42 Å². The molecule has 0 bridgehead atoms. The molecule has 1 heterocycles. The van der Waals surface area contributed by atoms with Crippen molar-refractivity contribution in [3.8, 4) is 0 Å². The molecule has 0 amide bonds. The van der Waals surface area contributed by atoms with Crippen LogP contribution in [-0.2, 0) is 17.1 Å². The van der Waals surface area contributed by atoms with Crippen molar-refractivity contribution in [3.05, 3.63) is 53.3 Å². The lowest BCUT2D eigenvalue weighted by Crippen LogP contribution is -2.37. The number of benzene rings is 1. The molecule has 1 aromatic carbocycles. The Bertz CT molecular complexity index is 751. The Morgan fingerprint density at radius 3 is 2.18 bits per heavy atom. The molecular formula is C13H12Cl4N2O2S. The Kier molecular flexibility index (Phi) is 5.37. The molecule has 1 aromatic heterocycles. The van der Waals surface area contributed by atoms with Gasteiger partial charge in [-0.05, 0) is 36.4 Å². The molecule has 0 aliphatic carbocycles. The second-order valence-corrected chi connectivity index (χ2v) is 9.11. The largest absolute Gasteiger partial charge is 0.353 e. The molecule has 0 aliphatic heterocycles. The molecule has 4 nitrogen and oxygen atoms in total. The summed E-state index contributed by atoms with van der Waals surface area (Å²) in [7, 11) is -2.15. The van der Waals surface area contributed by atoms with Crippen molar-refractivity contribution in [2.45, 2.75) is 14.7 Å². The van der Waals surface area contributed by atoms with E-state index < -0.39 is 19.9 Å². The second kappa shape index (κ2) is 6.59. The zero-order valence-electron chi connectivity index (χ0n) is 11.3. The summed E-state index contributed by atoms with van der Waals surface area (Å²) in [5.74, 6) is 0. The van der Waals surface area contributed by atoms with Gasteiger partial charge in [0.15, 0.2) is 0 Å². The number of nitrogens with zero attached hydrogens (tertiary/aromatic N) is 1. The summed E-state index contributed by atoms with van der Waals surface area (Å²) in [5.41, 5.74) is 0.525. The van der Waals surface area contributed by atoms with Gasteiger partial charge in [-0.3, -0.25) is 0 Å². The van der Waals surface area contributed by atoms with Gasteiger partial charge in [0.2, 0.25) is 13.8 Å². The lowest BCUT2D eigenvalue weighted by Gasteiger charge is -2.26. The van der Waals surface area contributed by atoms with Crippen LogP contribution in [0.3, 0.4) is 0 Å². The van der Waals surface area contributed by atoms with Crippen LogP contribution in [-0.4, -0.2) is 16.8 Å². The molecule has 2 rings (SSSR count). The van der Waals surface area contributed by atoms with E-state index in [9.17, 15) is 8.42 Å². The lowest BCUT2D eigenvalue weighted by atomic mass is 10.2. The third-order valence-corrected chi connectivity index (χ3v) is 5.35. The van der Waals surface area contributed by atoms with Crippen LogP contribution in [0.15, 0.2) is 47.5 Å². The predicted octanol–water partition coefficient (Wildman–Crippen LogP) is 4.07. The molecule has 22 heavy (non-hydrogen) atoms. The van der Waals surface area contributed by atoms with E-state index in [1.165, 1.54) is 24.3 Å². The van der Waals surface area contributed by atoms with Crippen molar-refractivity contribution in [1.29, 1.82) is 0 Å². The summed E-state index contributed by atoms with van der Waals surface area (Å²) in [4.78, 5) is 0.0327. The van der Waals surface area contributed by atoms with Gasteiger partial charge in [0.25, 0.3) is 0 Å². The smallest absolute Gasteiger partial charge is 0.241 e. The molecule has 2 aromatic rings. The molecule has 0 radical (unpaired) electrons. The first-order chi connectivity index (χ1) is 10.1. The fourth-order valence-corrected chi connectivity index (χ4v) is 3.96. The molecule has 9 heteroatoms. The van der Waals surface area contributed by atoms with Gasteiger partial charge in [-0.2, -0.15) is 4.72 Å². The molecule has 120 valence electrons. The first kappa shape index (κ1) is 17.9. The van der Waals surface area contributed by atoms with E-state index in [4.69, 9.17) is 46.4 Å². The van der Waals surface area contributed by atoms with Gasteiger partial charge in [-0.25, -0.2) is 8.42 Å². The summed E-state index contributed by atoms with van der Waals surface area (Å²) in [6.45, 7) is 0. The number of aryl methyl sites for hydroxylation is 1. The van der Waals surface area contributed by atoms with Crippen molar-refractivity contribution in [3.63, 3.8) is 0 Å². The predicted molar refractivity (Wildman–Crippen MR) is 90.2 cm³/mol. The third-order valence-electron chi connectivity index (χ3n) is 3.00. The summed E-state index contributed by atoms with van der Waals surface area (Å²) < 4.78 is 27.2. The number of hydrogen-bond acceptors (Lipinski definition) is 2. The van der Waals surface area contributed by atoms with Crippen LogP contribution in [0.5, 0.6) is 0 Å². The van der Waals surface area contributed by atoms with E-state index >= 15 is 0 Å². The number of halogens is 4. The molecule has 1 atom stereocenters. The van der Waals surface area contributed by atoms with Crippen molar-refractivity contribution in [2.24, 2.45) is 7.05 Å². The van der Waals surface area contributed by atoms with Gasteiger partial charge < -0.3 is 4.57 Å². The van der Waals surface area contributed by atoms with Crippen molar-refractivity contribution in [1.82, 2.24) is 9.29 Å². The fourth-order valence-electron chi connectivity index (χ4n) is 1.91. The first-order valence-corrected chi connectivity index (χ1v) is 9.06.